The van der Waals surface area contributed by atoms with Gasteiger partial charge in [0.2, 0.25) is 11.8 Å². The molecule has 0 saturated carbocycles. The van der Waals surface area contributed by atoms with Crippen molar-refractivity contribution in [2.45, 2.75) is 39.8 Å². The fourth-order valence-corrected chi connectivity index (χ4v) is 2.28. The van der Waals surface area contributed by atoms with Gasteiger partial charge in [0, 0.05) is 5.56 Å². The average molecular weight is 331 g/mol. The zero-order valence-corrected chi connectivity index (χ0v) is 13.9. The summed E-state index contributed by atoms with van der Waals surface area (Å²) in [6.45, 7) is 7.61. The van der Waals surface area contributed by atoms with Crippen molar-refractivity contribution in [2.75, 3.05) is 0 Å². The molecule has 1 aromatic carbocycles. The van der Waals surface area contributed by atoms with Crippen LogP contribution in [-0.4, -0.2) is 24.5 Å². The van der Waals surface area contributed by atoms with Gasteiger partial charge < -0.3 is 4.42 Å². The van der Waals surface area contributed by atoms with Crippen molar-refractivity contribution in [3.8, 4) is 11.5 Å². The van der Waals surface area contributed by atoms with E-state index in [0.717, 1.165) is 0 Å². The fraction of sp³-hybridized carbons (Fsp3) is 0.375. The summed E-state index contributed by atoms with van der Waals surface area (Å²) in [7, 11) is 0. The molecule has 0 fully saturated rings. The zero-order valence-electron chi connectivity index (χ0n) is 13.9. The number of hydrogen-bond donors (Lipinski definition) is 0. The minimum atomic E-state index is -0.415. The second-order valence-corrected chi connectivity index (χ2v) is 6.51. The number of benzene rings is 1. The summed E-state index contributed by atoms with van der Waals surface area (Å²) in [6.07, 6.45) is 0. The third-order valence-corrected chi connectivity index (χ3v) is 3.53. The van der Waals surface area contributed by atoms with Gasteiger partial charge in [-0.3, -0.25) is 4.57 Å². The summed E-state index contributed by atoms with van der Waals surface area (Å²) in [4.78, 5) is 12.5. The largest absolute Gasteiger partial charge is 0.419 e. The normalized spacial score (nSPS) is 11.9. The molecule has 0 aliphatic rings. The number of nitrogens with zero attached hydrogens (tertiary/aromatic N) is 5. The van der Waals surface area contributed by atoms with E-state index in [2.05, 4.69) is 15.3 Å². The molecular weight excluding hydrogens is 313 g/mol. The summed E-state index contributed by atoms with van der Waals surface area (Å²) < 4.78 is 21.5. The Hall–Kier alpha value is -2.77. The van der Waals surface area contributed by atoms with Gasteiger partial charge in [0.05, 0.1) is 5.54 Å². The molecule has 0 aliphatic carbocycles. The van der Waals surface area contributed by atoms with E-state index in [1.54, 1.807) is 19.1 Å². The van der Waals surface area contributed by atoms with Gasteiger partial charge in [-0.25, -0.2) is 13.9 Å². The van der Waals surface area contributed by atoms with Crippen LogP contribution >= 0.6 is 0 Å². The zero-order chi connectivity index (χ0) is 17.5. The highest BCUT2D eigenvalue weighted by Gasteiger charge is 2.22. The maximum absolute atomic E-state index is 13.0. The lowest BCUT2D eigenvalue weighted by Gasteiger charge is -2.16. The third-order valence-electron chi connectivity index (χ3n) is 3.53. The number of halogens is 1. The van der Waals surface area contributed by atoms with Gasteiger partial charge >= 0.3 is 5.69 Å². The molecule has 0 spiro atoms. The number of hydrogen-bond acceptors (Lipinski definition) is 5. The highest BCUT2D eigenvalue weighted by atomic mass is 19.1. The fourth-order valence-electron chi connectivity index (χ4n) is 2.28. The molecule has 3 rings (SSSR count). The molecular formula is C16H18FN5O2. The molecule has 0 saturated heterocycles. The first-order valence-electron chi connectivity index (χ1n) is 7.51. The van der Waals surface area contributed by atoms with Gasteiger partial charge in [0.15, 0.2) is 0 Å². The van der Waals surface area contributed by atoms with Crippen LogP contribution in [0, 0.1) is 12.7 Å². The molecule has 0 unspecified atom stereocenters. The van der Waals surface area contributed by atoms with Gasteiger partial charge in [0.25, 0.3) is 0 Å². The van der Waals surface area contributed by atoms with E-state index >= 15 is 0 Å². The molecule has 7 nitrogen and oxygen atoms in total. The van der Waals surface area contributed by atoms with Crippen molar-refractivity contribution < 1.29 is 8.81 Å². The topological polar surface area (TPSA) is 78.7 Å². The summed E-state index contributed by atoms with van der Waals surface area (Å²) in [5.74, 6) is 0.790. The SMILES string of the molecule is Cc1nn(C(C)(C)C)c(=O)n1Cc1nnc(-c2ccc(F)cc2)o1. The predicted molar refractivity (Wildman–Crippen MR) is 85.0 cm³/mol. The first-order chi connectivity index (χ1) is 11.3. The third kappa shape index (κ3) is 2.99. The Morgan fingerprint density at radius 2 is 1.83 bits per heavy atom. The van der Waals surface area contributed by atoms with Crippen molar-refractivity contribution in [1.82, 2.24) is 24.5 Å². The van der Waals surface area contributed by atoms with Crippen LogP contribution in [0.5, 0.6) is 0 Å². The lowest BCUT2D eigenvalue weighted by Crippen LogP contribution is -2.36. The van der Waals surface area contributed by atoms with Gasteiger partial charge in [-0.2, -0.15) is 5.10 Å². The first kappa shape index (κ1) is 16.1. The summed E-state index contributed by atoms with van der Waals surface area (Å²) in [6, 6.07) is 5.76. The van der Waals surface area contributed by atoms with E-state index in [1.165, 1.54) is 21.4 Å². The van der Waals surface area contributed by atoms with E-state index in [0.29, 0.717) is 11.4 Å². The Kier molecular flexibility index (Phi) is 3.82. The van der Waals surface area contributed by atoms with Crippen LogP contribution in [0.2, 0.25) is 0 Å². The van der Waals surface area contributed by atoms with E-state index in [1.807, 2.05) is 20.8 Å². The van der Waals surface area contributed by atoms with Crippen LogP contribution in [0.4, 0.5) is 4.39 Å². The molecule has 2 heterocycles. The van der Waals surface area contributed by atoms with Crippen LogP contribution in [0.25, 0.3) is 11.5 Å². The second-order valence-electron chi connectivity index (χ2n) is 6.51. The van der Waals surface area contributed by atoms with Crippen molar-refractivity contribution in [3.05, 3.63) is 52.3 Å². The molecule has 126 valence electrons. The van der Waals surface area contributed by atoms with Crippen molar-refractivity contribution in [3.63, 3.8) is 0 Å². The molecule has 8 heteroatoms. The van der Waals surface area contributed by atoms with E-state index < -0.39 is 5.54 Å². The van der Waals surface area contributed by atoms with Gasteiger partial charge in [-0.1, -0.05) is 0 Å². The molecule has 2 aromatic heterocycles. The highest BCUT2D eigenvalue weighted by molar-refractivity contribution is 5.51. The maximum atomic E-state index is 13.0. The summed E-state index contributed by atoms with van der Waals surface area (Å²) >= 11 is 0. The predicted octanol–water partition coefficient (Wildman–Crippen LogP) is 2.35. The smallest absolute Gasteiger partial charge is 0.346 e. The Morgan fingerprint density at radius 3 is 2.42 bits per heavy atom. The Labute approximate surface area is 137 Å². The minimum absolute atomic E-state index is 0.134. The Morgan fingerprint density at radius 1 is 1.17 bits per heavy atom. The molecule has 0 aliphatic heterocycles. The Balaban J connectivity index is 1.89. The number of aryl methyl sites for hydroxylation is 1. The van der Waals surface area contributed by atoms with Gasteiger partial charge in [0.1, 0.15) is 18.2 Å². The first-order valence-corrected chi connectivity index (χ1v) is 7.51. The van der Waals surface area contributed by atoms with E-state index in [-0.39, 0.29) is 29.8 Å². The van der Waals surface area contributed by atoms with Crippen LogP contribution in [0.3, 0.4) is 0 Å². The van der Waals surface area contributed by atoms with Gasteiger partial charge in [-0.15, -0.1) is 10.2 Å². The molecule has 0 atom stereocenters. The van der Waals surface area contributed by atoms with Crippen molar-refractivity contribution in [2.24, 2.45) is 0 Å². The summed E-state index contributed by atoms with van der Waals surface area (Å²) in [5, 5.41) is 12.2. The van der Waals surface area contributed by atoms with Crippen LogP contribution in [0.1, 0.15) is 32.5 Å². The molecule has 0 bridgehead atoms. The van der Waals surface area contributed by atoms with Gasteiger partial charge in [-0.05, 0) is 52.0 Å². The minimum Gasteiger partial charge on any atom is -0.419 e. The van der Waals surface area contributed by atoms with E-state index in [4.69, 9.17) is 4.42 Å². The summed E-state index contributed by atoms with van der Waals surface area (Å²) in [5.41, 5.74) is -0.0348. The molecule has 24 heavy (non-hydrogen) atoms. The monoisotopic (exact) mass is 331 g/mol. The molecule has 0 radical (unpaired) electrons. The quantitative estimate of drug-likeness (QED) is 0.736. The lowest BCUT2D eigenvalue weighted by atomic mass is 10.1. The molecule has 3 aromatic rings. The standard InChI is InChI=1S/C16H18FN5O2/c1-10-20-22(16(2,3)4)15(23)21(10)9-13-18-19-14(24-13)11-5-7-12(17)8-6-11/h5-8H,9H2,1-4H3. The highest BCUT2D eigenvalue weighted by Crippen LogP contribution is 2.18. The van der Waals surface area contributed by atoms with Crippen LogP contribution in [-0.2, 0) is 12.1 Å². The van der Waals surface area contributed by atoms with E-state index in [9.17, 15) is 9.18 Å². The Bertz CT molecular complexity index is 915. The maximum Gasteiger partial charge on any atom is 0.346 e. The molecule has 0 N–H and O–H groups in total. The van der Waals surface area contributed by atoms with Crippen LogP contribution < -0.4 is 5.69 Å². The van der Waals surface area contributed by atoms with Crippen molar-refractivity contribution >= 4 is 0 Å². The molecule has 0 amide bonds. The lowest BCUT2D eigenvalue weighted by molar-refractivity contribution is 0.339. The number of rotatable bonds is 3. The average Bonchev–Trinajstić information content (AvgIpc) is 3.08. The second kappa shape index (κ2) is 5.70. The van der Waals surface area contributed by atoms with Crippen molar-refractivity contribution in [1.29, 1.82) is 0 Å². The number of aromatic nitrogens is 5. The van der Waals surface area contributed by atoms with Crippen LogP contribution in [0.15, 0.2) is 33.5 Å².